The van der Waals surface area contributed by atoms with Crippen LogP contribution >= 0.6 is 11.8 Å². The summed E-state index contributed by atoms with van der Waals surface area (Å²) >= 11 is 1.57. The van der Waals surface area contributed by atoms with Crippen LogP contribution in [0.4, 0.5) is 0 Å². The molecule has 0 saturated heterocycles. The van der Waals surface area contributed by atoms with Crippen molar-refractivity contribution in [2.45, 2.75) is 11.8 Å². The van der Waals surface area contributed by atoms with Gasteiger partial charge in [-0.05, 0) is 31.2 Å². The number of hydrogen-bond acceptors (Lipinski definition) is 4. The van der Waals surface area contributed by atoms with E-state index in [0.717, 1.165) is 4.90 Å². The molecule has 0 radical (unpaired) electrons. The minimum atomic E-state index is -0.354. The van der Waals surface area contributed by atoms with E-state index in [9.17, 15) is 4.79 Å². The van der Waals surface area contributed by atoms with E-state index in [-0.39, 0.29) is 5.97 Å². The van der Waals surface area contributed by atoms with Crippen molar-refractivity contribution < 1.29 is 14.3 Å². The maximum absolute atomic E-state index is 11.8. The highest BCUT2D eigenvalue weighted by Crippen LogP contribution is 2.23. The van der Waals surface area contributed by atoms with Gasteiger partial charge in [0.25, 0.3) is 0 Å². The van der Waals surface area contributed by atoms with Gasteiger partial charge in [0.05, 0.1) is 6.61 Å². The maximum Gasteiger partial charge on any atom is 0.341 e. The van der Waals surface area contributed by atoms with E-state index in [4.69, 9.17) is 9.47 Å². The second-order valence-electron chi connectivity index (χ2n) is 3.94. The number of thioether (sulfide) groups is 1. The van der Waals surface area contributed by atoms with Crippen LogP contribution in [-0.4, -0.2) is 18.5 Å². The number of para-hydroxylation sites is 1. The van der Waals surface area contributed by atoms with E-state index in [1.54, 1.807) is 36.9 Å². The van der Waals surface area contributed by atoms with Gasteiger partial charge in [0.15, 0.2) is 0 Å². The smallest absolute Gasteiger partial charge is 0.341 e. The molecule has 0 fully saturated rings. The quantitative estimate of drug-likeness (QED) is 0.457. The van der Waals surface area contributed by atoms with Crippen molar-refractivity contribution in [1.29, 1.82) is 0 Å². The van der Waals surface area contributed by atoms with Gasteiger partial charge in [-0.25, -0.2) is 4.79 Å². The topological polar surface area (TPSA) is 35.5 Å². The van der Waals surface area contributed by atoms with Crippen LogP contribution in [0.1, 0.15) is 17.3 Å². The standard InChI is InChI=1S/C16H16O3S/c1-2-18-16(17)14-10-6-7-11-15(14)19-12-20-13-8-4-3-5-9-13/h3-11H,2,12H2,1H3. The average molecular weight is 288 g/mol. The molecule has 2 aromatic rings. The number of carbonyl (C=O) groups excluding carboxylic acids is 1. The highest BCUT2D eigenvalue weighted by molar-refractivity contribution is 7.99. The zero-order valence-corrected chi connectivity index (χ0v) is 12.1. The van der Waals surface area contributed by atoms with Crippen molar-refractivity contribution >= 4 is 17.7 Å². The fourth-order valence-electron chi connectivity index (χ4n) is 1.65. The molecule has 0 saturated carbocycles. The van der Waals surface area contributed by atoms with Gasteiger partial charge in [-0.2, -0.15) is 0 Å². The Labute approximate surface area is 122 Å². The Balaban J connectivity index is 1.97. The van der Waals surface area contributed by atoms with E-state index < -0.39 is 0 Å². The van der Waals surface area contributed by atoms with Crippen LogP contribution in [0.15, 0.2) is 59.5 Å². The third-order valence-electron chi connectivity index (χ3n) is 2.57. The molecule has 3 nitrogen and oxygen atoms in total. The first-order valence-corrected chi connectivity index (χ1v) is 7.36. The molecule has 0 spiro atoms. The van der Waals surface area contributed by atoms with Crippen LogP contribution in [-0.2, 0) is 4.74 Å². The van der Waals surface area contributed by atoms with Crippen LogP contribution in [0.25, 0.3) is 0 Å². The third kappa shape index (κ3) is 4.03. The molecular weight excluding hydrogens is 272 g/mol. The number of rotatable bonds is 6. The number of carbonyl (C=O) groups is 1. The van der Waals surface area contributed by atoms with Gasteiger partial charge < -0.3 is 9.47 Å². The highest BCUT2D eigenvalue weighted by atomic mass is 32.2. The molecule has 0 bridgehead atoms. The maximum atomic E-state index is 11.8. The molecule has 2 rings (SSSR count). The molecule has 0 aliphatic heterocycles. The van der Waals surface area contributed by atoms with E-state index in [2.05, 4.69) is 0 Å². The molecule has 0 aromatic heterocycles. The first kappa shape index (κ1) is 14.5. The lowest BCUT2D eigenvalue weighted by Crippen LogP contribution is -2.07. The molecule has 104 valence electrons. The lowest BCUT2D eigenvalue weighted by molar-refractivity contribution is 0.0522. The molecule has 0 amide bonds. The summed E-state index contributed by atoms with van der Waals surface area (Å²) in [5.74, 6) is 0.641. The largest absolute Gasteiger partial charge is 0.482 e. The van der Waals surface area contributed by atoms with Crippen molar-refractivity contribution in [3.05, 3.63) is 60.2 Å². The molecule has 2 aromatic carbocycles. The van der Waals surface area contributed by atoms with Crippen molar-refractivity contribution in [3.63, 3.8) is 0 Å². The van der Waals surface area contributed by atoms with E-state index in [1.807, 2.05) is 36.4 Å². The Morgan fingerprint density at radius 1 is 1.05 bits per heavy atom. The summed E-state index contributed by atoms with van der Waals surface area (Å²) in [6.07, 6.45) is 0. The molecule has 0 unspecified atom stereocenters. The Kier molecular flexibility index (Phi) is 5.50. The Morgan fingerprint density at radius 2 is 1.75 bits per heavy atom. The number of ether oxygens (including phenoxy) is 2. The van der Waals surface area contributed by atoms with Crippen molar-refractivity contribution in [2.75, 3.05) is 12.5 Å². The van der Waals surface area contributed by atoms with Gasteiger partial charge in [0.1, 0.15) is 17.3 Å². The Hall–Kier alpha value is -1.94. The second-order valence-corrected chi connectivity index (χ2v) is 4.93. The highest BCUT2D eigenvalue weighted by Gasteiger charge is 2.12. The molecule has 4 heteroatoms. The summed E-state index contributed by atoms with van der Waals surface area (Å²) < 4.78 is 10.7. The Bertz CT molecular complexity index is 555. The summed E-state index contributed by atoms with van der Waals surface area (Å²) in [7, 11) is 0. The van der Waals surface area contributed by atoms with Gasteiger partial charge in [-0.15, -0.1) is 0 Å². The molecule has 0 N–H and O–H groups in total. The van der Waals surface area contributed by atoms with Crippen molar-refractivity contribution in [1.82, 2.24) is 0 Å². The lowest BCUT2D eigenvalue weighted by Gasteiger charge is -2.10. The number of esters is 1. The second kappa shape index (κ2) is 7.60. The van der Waals surface area contributed by atoms with Gasteiger partial charge >= 0.3 is 5.97 Å². The molecule has 0 aliphatic carbocycles. The van der Waals surface area contributed by atoms with Crippen molar-refractivity contribution in [3.8, 4) is 5.75 Å². The molecule has 0 aliphatic rings. The fourth-order valence-corrected chi connectivity index (χ4v) is 2.32. The first-order chi connectivity index (χ1) is 9.81. The Morgan fingerprint density at radius 3 is 2.50 bits per heavy atom. The average Bonchev–Trinajstić information content (AvgIpc) is 2.49. The molecule has 20 heavy (non-hydrogen) atoms. The van der Waals surface area contributed by atoms with E-state index >= 15 is 0 Å². The van der Waals surface area contributed by atoms with Crippen molar-refractivity contribution in [2.24, 2.45) is 0 Å². The molecular formula is C16H16O3S. The summed E-state index contributed by atoms with van der Waals surface area (Å²) in [6.45, 7) is 2.14. The van der Waals surface area contributed by atoms with Gasteiger partial charge in [-0.1, -0.05) is 42.1 Å². The van der Waals surface area contributed by atoms with Crippen LogP contribution < -0.4 is 4.74 Å². The molecule has 0 heterocycles. The van der Waals surface area contributed by atoms with Gasteiger partial charge in [0.2, 0.25) is 0 Å². The lowest BCUT2D eigenvalue weighted by atomic mass is 10.2. The van der Waals surface area contributed by atoms with Crippen LogP contribution in [0.2, 0.25) is 0 Å². The van der Waals surface area contributed by atoms with Gasteiger partial charge in [0, 0.05) is 4.90 Å². The summed E-state index contributed by atoms with van der Waals surface area (Å²) in [6, 6.07) is 17.1. The first-order valence-electron chi connectivity index (χ1n) is 6.38. The number of benzene rings is 2. The predicted molar refractivity (Wildman–Crippen MR) is 80.2 cm³/mol. The fraction of sp³-hybridized carbons (Fsp3) is 0.188. The normalized spacial score (nSPS) is 10.1. The van der Waals surface area contributed by atoms with Crippen LogP contribution in [0.5, 0.6) is 5.75 Å². The monoisotopic (exact) mass is 288 g/mol. The van der Waals surface area contributed by atoms with E-state index in [0.29, 0.717) is 23.9 Å². The minimum Gasteiger partial charge on any atom is -0.482 e. The van der Waals surface area contributed by atoms with E-state index in [1.165, 1.54) is 0 Å². The minimum absolute atomic E-state index is 0.353. The molecule has 0 atom stereocenters. The van der Waals surface area contributed by atoms with Crippen LogP contribution in [0.3, 0.4) is 0 Å². The number of hydrogen-bond donors (Lipinski definition) is 0. The summed E-state index contributed by atoms with van der Waals surface area (Å²) in [5, 5.41) is 0. The zero-order valence-electron chi connectivity index (χ0n) is 11.2. The SMILES string of the molecule is CCOC(=O)c1ccccc1OCSc1ccccc1. The van der Waals surface area contributed by atoms with Crippen LogP contribution in [0, 0.1) is 0 Å². The summed E-state index contributed by atoms with van der Waals surface area (Å²) in [5.41, 5.74) is 0.461. The third-order valence-corrected chi connectivity index (χ3v) is 3.41. The van der Waals surface area contributed by atoms with Gasteiger partial charge in [-0.3, -0.25) is 0 Å². The predicted octanol–water partition coefficient (Wildman–Crippen LogP) is 3.99. The summed E-state index contributed by atoms with van der Waals surface area (Å²) in [4.78, 5) is 12.9. The zero-order chi connectivity index (χ0) is 14.2.